The van der Waals surface area contributed by atoms with E-state index in [4.69, 9.17) is 9.51 Å². The van der Waals surface area contributed by atoms with Gasteiger partial charge in [-0.3, -0.25) is 9.13 Å². The molecule has 0 atom stereocenters. The summed E-state index contributed by atoms with van der Waals surface area (Å²) in [4.78, 5) is 20.0. The first-order valence-corrected chi connectivity index (χ1v) is 13.9. The third kappa shape index (κ3) is 4.16. The van der Waals surface area contributed by atoms with E-state index in [9.17, 15) is 4.79 Å². The van der Waals surface area contributed by atoms with E-state index in [-0.39, 0.29) is 12.2 Å². The van der Waals surface area contributed by atoms with Crippen LogP contribution in [0.4, 0.5) is 0 Å². The molecule has 0 bridgehead atoms. The van der Waals surface area contributed by atoms with Crippen LogP contribution in [0.25, 0.3) is 22.3 Å². The molecule has 6 heteroatoms. The molecular weight excluding hydrogens is 520 g/mol. The van der Waals surface area contributed by atoms with E-state index in [2.05, 4.69) is 41.6 Å². The smallest absolute Gasteiger partial charge is 0.332 e. The van der Waals surface area contributed by atoms with Crippen LogP contribution in [0.2, 0.25) is 0 Å². The maximum atomic E-state index is 14.9. The van der Waals surface area contributed by atoms with E-state index in [0.29, 0.717) is 22.6 Å². The zero-order valence-corrected chi connectivity index (χ0v) is 23.1. The van der Waals surface area contributed by atoms with Crippen molar-refractivity contribution in [2.45, 2.75) is 19.0 Å². The largest absolute Gasteiger partial charge is 0.361 e. The Morgan fingerprint density at radius 1 is 0.690 bits per heavy atom. The topological polar surface area (TPSA) is 65.8 Å². The van der Waals surface area contributed by atoms with Crippen LogP contribution in [0.3, 0.4) is 0 Å². The van der Waals surface area contributed by atoms with Gasteiger partial charge in [0.15, 0.2) is 5.65 Å². The van der Waals surface area contributed by atoms with Gasteiger partial charge in [0, 0.05) is 17.8 Å². The number of imidazole rings is 1. The molecule has 0 radical (unpaired) electrons. The molecule has 3 aromatic heterocycles. The third-order valence-corrected chi connectivity index (χ3v) is 7.79. The molecular formula is C36H28N4O2. The molecule has 6 nitrogen and oxygen atoms in total. The minimum absolute atomic E-state index is 0.195. The minimum atomic E-state index is -1.01. The highest BCUT2D eigenvalue weighted by atomic mass is 16.5. The van der Waals surface area contributed by atoms with Crippen LogP contribution in [-0.2, 0) is 12.1 Å². The summed E-state index contributed by atoms with van der Waals surface area (Å²) in [7, 11) is 0. The predicted octanol–water partition coefficient (Wildman–Crippen LogP) is 7.05. The number of aromatic nitrogens is 4. The normalized spacial score (nSPS) is 11.6. The first kappa shape index (κ1) is 25.5. The van der Waals surface area contributed by atoms with Gasteiger partial charge in [0.2, 0.25) is 0 Å². The van der Waals surface area contributed by atoms with Crippen molar-refractivity contribution in [3.05, 3.63) is 178 Å². The highest BCUT2D eigenvalue weighted by molar-refractivity contribution is 5.80. The average Bonchev–Trinajstić information content (AvgIpc) is 3.59. The maximum Gasteiger partial charge on any atom is 0.332 e. The molecule has 0 aliphatic heterocycles. The van der Waals surface area contributed by atoms with E-state index >= 15 is 0 Å². The van der Waals surface area contributed by atoms with Crippen LogP contribution in [0.15, 0.2) is 149 Å². The summed E-state index contributed by atoms with van der Waals surface area (Å²) in [5, 5.41) is 4.22. The highest BCUT2D eigenvalue weighted by Gasteiger charge is 2.42. The van der Waals surface area contributed by atoms with Crippen molar-refractivity contribution in [2.24, 2.45) is 0 Å². The molecule has 0 aliphatic rings. The summed E-state index contributed by atoms with van der Waals surface area (Å²) in [6.45, 7) is 2.09. The lowest BCUT2D eigenvalue weighted by molar-refractivity contribution is 0.388. The monoisotopic (exact) mass is 548 g/mol. The second kappa shape index (κ2) is 10.5. The number of pyridine rings is 1. The summed E-state index contributed by atoms with van der Waals surface area (Å²) in [5.41, 5.74) is 5.57. The Labute approximate surface area is 243 Å². The Balaban J connectivity index is 1.62. The Kier molecular flexibility index (Phi) is 6.36. The van der Waals surface area contributed by atoms with Gasteiger partial charge < -0.3 is 4.52 Å². The van der Waals surface area contributed by atoms with Gasteiger partial charge >= 0.3 is 5.69 Å². The van der Waals surface area contributed by atoms with E-state index in [1.54, 1.807) is 4.57 Å². The van der Waals surface area contributed by atoms with Gasteiger partial charge in [0.05, 0.1) is 12.1 Å². The van der Waals surface area contributed by atoms with Gasteiger partial charge in [0.25, 0.3) is 0 Å². The van der Waals surface area contributed by atoms with Gasteiger partial charge in [-0.25, -0.2) is 9.78 Å². The number of fused-ring (bicyclic) bond motifs is 1. The van der Waals surface area contributed by atoms with E-state index < -0.39 is 5.54 Å². The summed E-state index contributed by atoms with van der Waals surface area (Å²) >= 11 is 0. The lowest BCUT2D eigenvalue weighted by atomic mass is 9.76. The van der Waals surface area contributed by atoms with Gasteiger partial charge in [-0.1, -0.05) is 126 Å². The number of rotatable bonds is 7. The van der Waals surface area contributed by atoms with Crippen molar-refractivity contribution in [3.63, 3.8) is 0 Å². The molecule has 0 spiro atoms. The molecule has 204 valence electrons. The first-order valence-electron chi connectivity index (χ1n) is 13.9. The molecule has 7 rings (SSSR count). The van der Waals surface area contributed by atoms with Crippen LogP contribution in [0, 0.1) is 6.92 Å². The molecule has 42 heavy (non-hydrogen) atoms. The van der Waals surface area contributed by atoms with E-state index in [1.165, 1.54) is 0 Å². The van der Waals surface area contributed by atoms with E-state index in [1.807, 2.05) is 115 Å². The average molecular weight is 549 g/mol. The lowest BCUT2D eigenvalue weighted by Crippen LogP contribution is -2.44. The Morgan fingerprint density at radius 2 is 1.21 bits per heavy atom. The molecule has 0 saturated heterocycles. The molecule has 0 unspecified atom stereocenters. The fourth-order valence-electron chi connectivity index (χ4n) is 5.95. The van der Waals surface area contributed by atoms with Crippen LogP contribution in [-0.4, -0.2) is 19.3 Å². The Morgan fingerprint density at radius 3 is 1.71 bits per heavy atom. The van der Waals surface area contributed by atoms with Crippen molar-refractivity contribution < 1.29 is 4.52 Å². The SMILES string of the molecule is Cc1cc(Cn2c(=O)n(C(c3ccccc3)(c3ccccc3)c3ccccc3)c3ncc(-c4ccccc4)cc32)no1. The predicted molar refractivity (Wildman–Crippen MR) is 164 cm³/mol. The summed E-state index contributed by atoms with van der Waals surface area (Å²) in [6.07, 6.45) is 1.85. The molecule has 3 heterocycles. The third-order valence-electron chi connectivity index (χ3n) is 7.79. The van der Waals surface area contributed by atoms with Crippen molar-refractivity contribution in [1.29, 1.82) is 0 Å². The molecule has 7 aromatic rings. The second-order valence-electron chi connectivity index (χ2n) is 10.4. The number of hydrogen-bond donors (Lipinski definition) is 0. The lowest BCUT2D eigenvalue weighted by Gasteiger charge is -2.37. The van der Waals surface area contributed by atoms with Crippen molar-refractivity contribution >= 4 is 11.2 Å². The Hall–Kier alpha value is -5.49. The van der Waals surface area contributed by atoms with Gasteiger partial charge in [0.1, 0.15) is 17.0 Å². The van der Waals surface area contributed by atoms with Crippen LogP contribution in [0.1, 0.15) is 28.1 Å². The molecule has 0 fully saturated rings. The highest BCUT2D eigenvalue weighted by Crippen LogP contribution is 2.41. The summed E-state index contributed by atoms with van der Waals surface area (Å²) in [6, 6.07) is 44.5. The molecule has 4 aromatic carbocycles. The van der Waals surface area contributed by atoms with Gasteiger partial charge in [-0.15, -0.1) is 0 Å². The van der Waals surface area contributed by atoms with Crippen molar-refractivity contribution in [2.75, 3.05) is 0 Å². The van der Waals surface area contributed by atoms with Crippen molar-refractivity contribution in [3.8, 4) is 11.1 Å². The minimum Gasteiger partial charge on any atom is -0.361 e. The number of hydrogen-bond acceptors (Lipinski definition) is 4. The molecule has 0 N–H and O–H groups in total. The van der Waals surface area contributed by atoms with Crippen LogP contribution >= 0.6 is 0 Å². The second-order valence-corrected chi connectivity index (χ2v) is 10.4. The van der Waals surface area contributed by atoms with Crippen LogP contribution < -0.4 is 5.69 Å². The number of nitrogens with zero attached hydrogens (tertiary/aromatic N) is 4. The fraction of sp³-hybridized carbons (Fsp3) is 0.0833. The van der Waals surface area contributed by atoms with E-state index in [0.717, 1.165) is 27.8 Å². The zero-order chi connectivity index (χ0) is 28.5. The molecule has 0 saturated carbocycles. The number of aryl methyl sites for hydroxylation is 1. The van der Waals surface area contributed by atoms with Gasteiger partial charge in [-0.2, -0.15) is 0 Å². The van der Waals surface area contributed by atoms with Gasteiger partial charge in [-0.05, 0) is 35.2 Å². The van der Waals surface area contributed by atoms with Crippen molar-refractivity contribution in [1.82, 2.24) is 19.3 Å². The quantitative estimate of drug-likeness (QED) is 0.200. The first-order chi connectivity index (χ1) is 20.7. The Bertz CT molecular complexity index is 1930. The van der Waals surface area contributed by atoms with Crippen LogP contribution in [0.5, 0.6) is 0 Å². The molecule has 0 amide bonds. The summed E-state index contributed by atoms with van der Waals surface area (Å²) in [5.74, 6) is 0.692. The zero-order valence-electron chi connectivity index (χ0n) is 23.1. The molecule has 0 aliphatic carbocycles. The summed E-state index contributed by atoms with van der Waals surface area (Å²) < 4.78 is 8.99. The maximum absolute atomic E-state index is 14.9. The fourth-order valence-corrected chi connectivity index (χ4v) is 5.95. The number of benzene rings is 4. The standard InChI is InChI=1S/C36H28N4O2/c1-26-22-32(38-42-26)25-39-33-23-28(27-14-6-2-7-15-27)24-37-34(33)40(35(39)41)36(29-16-8-3-9-17-29,30-18-10-4-11-19-30)31-20-12-5-13-21-31/h2-24H,25H2,1H3.